The van der Waals surface area contributed by atoms with Gasteiger partial charge in [0, 0.05) is 29.4 Å². The summed E-state index contributed by atoms with van der Waals surface area (Å²) in [6.07, 6.45) is 6.46. The van der Waals surface area contributed by atoms with Crippen molar-refractivity contribution in [3.8, 4) is 5.75 Å². The number of aliphatic hydroxyl groups excluding tert-OH is 1. The van der Waals surface area contributed by atoms with E-state index in [2.05, 4.69) is 15.7 Å². The molecule has 11 nitrogen and oxygen atoms in total. The lowest BCUT2D eigenvalue weighted by Gasteiger charge is -2.46. The number of likely N-dealkylation sites (tertiary alicyclic amines) is 1. The predicted octanol–water partition coefficient (Wildman–Crippen LogP) is 4.19. The number of halogens is 1. The van der Waals surface area contributed by atoms with Crippen molar-refractivity contribution in [2.24, 2.45) is 11.8 Å². The molecule has 2 amide bonds. The molecule has 0 aromatic heterocycles. The van der Waals surface area contributed by atoms with Gasteiger partial charge in [-0.05, 0) is 99.4 Å². The van der Waals surface area contributed by atoms with E-state index >= 15 is 0 Å². The molecule has 5 aliphatic rings. The van der Waals surface area contributed by atoms with Crippen LogP contribution in [0.25, 0.3) is 0 Å². The van der Waals surface area contributed by atoms with E-state index in [0.717, 1.165) is 32.1 Å². The number of sulfonamides is 1. The highest BCUT2D eigenvalue weighted by atomic mass is 35.5. The fourth-order valence-corrected chi connectivity index (χ4v) is 8.99. The predicted molar refractivity (Wildman–Crippen MR) is 179 cm³/mol. The normalized spacial score (nSPS) is 30.3. The number of amides is 2. The summed E-state index contributed by atoms with van der Waals surface area (Å²) in [5.74, 6) is -0.122. The summed E-state index contributed by atoms with van der Waals surface area (Å²) < 4.78 is 47.8. The fourth-order valence-electron chi connectivity index (χ4n) is 7.68. The summed E-state index contributed by atoms with van der Waals surface area (Å²) >= 11 is 6.42. The topological polar surface area (TPSA) is 135 Å². The van der Waals surface area contributed by atoms with Gasteiger partial charge in [-0.15, -0.1) is 0 Å². The maximum atomic E-state index is 13.6. The lowest BCUT2D eigenvalue weighted by molar-refractivity contribution is -0.139. The van der Waals surface area contributed by atoms with E-state index in [4.69, 9.17) is 25.8 Å². The monoisotopic (exact) mass is 699 g/mol. The number of rotatable bonds is 1. The highest BCUT2D eigenvalue weighted by molar-refractivity contribution is 7.90. The Morgan fingerprint density at radius 3 is 2.69 bits per heavy atom. The second-order valence-corrected chi connectivity index (χ2v) is 16.4. The first-order valence-electron chi connectivity index (χ1n) is 16.7. The minimum Gasteiger partial charge on any atom is -0.490 e. The zero-order chi connectivity index (χ0) is 33.8. The number of nitrogens with zero attached hydrogens (tertiary/aromatic N) is 2. The molecule has 3 heterocycles. The van der Waals surface area contributed by atoms with Crippen molar-refractivity contribution in [1.82, 2.24) is 9.62 Å². The molecule has 2 aliphatic carbocycles. The van der Waals surface area contributed by atoms with Crippen LogP contribution in [0.5, 0.6) is 5.75 Å². The summed E-state index contributed by atoms with van der Waals surface area (Å²) in [5.41, 5.74) is 1.18. The van der Waals surface area contributed by atoms with Crippen LogP contribution in [0.3, 0.4) is 0 Å². The van der Waals surface area contributed by atoms with Crippen molar-refractivity contribution in [3.63, 3.8) is 0 Å². The van der Waals surface area contributed by atoms with E-state index in [-0.39, 0.29) is 41.8 Å². The van der Waals surface area contributed by atoms with Crippen LogP contribution in [0, 0.1) is 11.8 Å². The van der Waals surface area contributed by atoms with Crippen LogP contribution in [-0.2, 0) is 36.1 Å². The highest BCUT2D eigenvalue weighted by Crippen LogP contribution is 2.47. The molecular formula is C35H42ClN3O8S. The molecule has 2 N–H and O–H groups in total. The molecular weight excluding hydrogens is 658 g/mol. The molecule has 258 valence electrons. The number of benzene rings is 2. The molecule has 7 rings (SSSR count). The smallest absolute Gasteiger partial charge is 0.410 e. The number of aryl methyl sites for hydroxylation is 1. The molecule has 0 unspecified atom stereocenters. The molecule has 2 aromatic carbocycles. The second kappa shape index (κ2) is 12.5. The number of aliphatic hydroxyl groups is 1. The zero-order valence-electron chi connectivity index (χ0n) is 27.2. The first-order valence-corrected chi connectivity index (χ1v) is 18.5. The van der Waals surface area contributed by atoms with Gasteiger partial charge < -0.3 is 29.1 Å². The van der Waals surface area contributed by atoms with E-state index in [1.54, 1.807) is 18.2 Å². The lowest BCUT2D eigenvalue weighted by Crippen LogP contribution is -2.55. The maximum absolute atomic E-state index is 13.6. The molecule has 1 spiro atoms. The number of β-amino-alcohol motifs (C(OH)–C–C–N with tert-alkyl or cyclic N) is 1. The lowest BCUT2D eigenvalue weighted by atomic mass is 9.68. The number of carbonyl (C=O) groups excluding carboxylic acids is 2. The van der Waals surface area contributed by atoms with Crippen LogP contribution in [-0.4, -0.2) is 87.6 Å². The molecule has 4 atom stereocenters. The van der Waals surface area contributed by atoms with Crippen LogP contribution >= 0.6 is 11.6 Å². The highest BCUT2D eigenvalue weighted by Gasteiger charge is 2.46. The number of hydrogen-bond donors (Lipinski definition) is 2. The molecule has 1 saturated carbocycles. The van der Waals surface area contributed by atoms with Crippen LogP contribution in [0.1, 0.15) is 50.7 Å². The maximum Gasteiger partial charge on any atom is 0.410 e. The van der Waals surface area contributed by atoms with Crippen molar-refractivity contribution >= 4 is 39.3 Å². The Balaban J connectivity index is 1.28. The largest absolute Gasteiger partial charge is 0.490 e. The van der Waals surface area contributed by atoms with Crippen molar-refractivity contribution in [1.29, 1.82) is 0 Å². The van der Waals surface area contributed by atoms with Gasteiger partial charge in [0.1, 0.15) is 17.5 Å². The Morgan fingerprint density at radius 2 is 1.94 bits per heavy atom. The van der Waals surface area contributed by atoms with Crippen molar-refractivity contribution < 1.29 is 37.3 Å². The molecule has 48 heavy (non-hydrogen) atoms. The van der Waals surface area contributed by atoms with Gasteiger partial charge in [-0.2, -0.15) is 0 Å². The third kappa shape index (κ3) is 6.28. The Bertz CT molecular complexity index is 1740. The van der Waals surface area contributed by atoms with E-state index in [9.17, 15) is 23.1 Å². The van der Waals surface area contributed by atoms with Crippen LogP contribution in [0.4, 0.5) is 10.5 Å². The van der Waals surface area contributed by atoms with Crippen molar-refractivity contribution in [2.75, 3.05) is 44.3 Å². The summed E-state index contributed by atoms with van der Waals surface area (Å²) in [7, 11) is -4.25. The molecule has 3 aliphatic heterocycles. The molecule has 2 bridgehead atoms. The first kappa shape index (κ1) is 33.2. The van der Waals surface area contributed by atoms with Gasteiger partial charge in [-0.3, -0.25) is 4.79 Å². The minimum atomic E-state index is -4.25. The van der Waals surface area contributed by atoms with Gasteiger partial charge in [0.15, 0.2) is 0 Å². The Labute approximate surface area is 286 Å². The Kier molecular flexibility index (Phi) is 8.67. The first-order chi connectivity index (χ1) is 22.8. The number of carbonyl (C=O) groups is 2. The number of hydrogen-bond acceptors (Lipinski definition) is 9. The molecule has 2 aromatic rings. The van der Waals surface area contributed by atoms with E-state index < -0.39 is 39.8 Å². The van der Waals surface area contributed by atoms with Crippen LogP contribution in [0.2, 0.25) is 5.02 Å². The average molecular weight is 700 g/mol. The zero-order valence-corrected chi connectivity index (χ0v) is 28.8. The summed E-state index contributed by atoms with van der Waals surface area (Å²) in [4.78, 5) is 29.9. The van der Waals surface area contributed by atoms with Gasteiger partial charge in [-0.1, -0.05) is 23.7 Å². The molecule has 0 radical (unpaired) electrons. The van der Waals surface area contributed by atoms with E-state index in [1.807, 2.05) is 18.2 Å². The molecule has 1 saturated heterocycles. The van der Waals surface area contributed by atoms with Crippen molar-refractivity contribution in [3.05, 3.63) is 64.7 Å². The summed E-state index contributed by atoms with van der Waals surface area (Å²) in [5, 5.41) is 10.4. The van der Waals surface area contributed by atoms with E-state index in [0.29, 0.717) is 36.2 Å². The third-order valence-corrected chi connectivity index (χ3v) is 12.2. The Morgan fingerprint density at radius 1 is 1.12 bits per heavy atom. The van der Waals surface area contributed by atoms with Gasteiger partial charge in [-0.25, -0.2) is 17.9 Å². The molecule has 2 fully saturated rings. The fraction of sp³-hybridized carbons (Fsp3) is 0.543. The van der Waals surface area contributed by atoms with Crippen LogP contribution < -0.4 is 14.4 Å². The number of ether oxygens (including phenoxy) is 3. The van der Waals surface area contributed by atoms with Gasteiger partial charge >= 0.3 is 6.09 Å². The quantitative estimate of drug-likeness (QED) is 0.421. The summed E-state index contributed by atoms with van der Waals surface area (Å²) in [6.45, 7) is 5.06. The van der Waals surface area contributed by atoms with Crippen molar-refractivity contribution in [2.45, 2.75) is 74.1 Å². The second-order valence-electron chi connectivity index (χ2n) is 14.3. The SMILES string of the molecule is CC1(C)OC/C=C/[C@H](OC(=O)N2CC(O)C2)[C@@H]2CC[C@H]2CN2C[C@@]3(CCCc4cc(Cl)ccc43)COc3ccc(cc32)S(=O)(=O)NC1=O. The number of fused-ring (bicyclic) bond motifs is 4. The van der Waals surface area contributed by atoms with Gasteiger partial charge in [0.25, 0.3) is 15.9 Å². The Hall–Kier alpha value is -3.32. The third-order valence-electron chi connectivity index (χ3n) is 10.7. The standard InChI is InChI=1S/C35H42ClN3O8S/c1-34(2)32(41)37-48(43,44)26-9-12-31-29(16-26)39(20-35(21-45-31)13-3-5-22-15-24(36)8-11-28(22)35)17-23-7-10-27(23)30(6-4-14-46-34)47-33(42)38-18-25(40)19-38/h4,6,8-9,11-12,15-16,23,25,27,30,40H,3,5,7,10,13-14,17-21H2,1-2H3,(H,37,41)/b6-4+/t23-,27+,30-,35-/m0/s1. The van der Waals surface area contributed by atoms with E-state index in [1.165, 1.54) is 35.9 Å². The van der Waals surface area contributed by atoms with Crippen LogP contribution in [0.15, 0.2) is 53.4 Å². The molecule has 13 heteroatoms. The average Bonchev–Trinajstić information content (AvgIpc) is 3.15. The minimum absolute atomic E-state index is 0.00257. The number of anilines is 1. The van der Waals surface area contributed by atoms with Gasteiger partial charge in [0.05, 0.1) is 43.0 Å². The summed E-state index contributed by atoms with van der Waals surface area (Å²) in [6, 6.07) is 10.8. The number of nitrogens with one attached hydrogen (secondary N) is 1. The van der Waals surface area contributed by atoms with Gasteiger partial charge in [0.2, 0.25) is 0 Å².